The summed E-state index contributed by atoms with van der Waals surface area (Å²) in [5.41, 5.74) is 2.16. The van der Waals surface area contributed by atoms with E-state index in [-0.39, 0.29) is 5.92 Å². The van der Waals surface area contributed by atoms with Crippen LogP contribution in [-0.4, -0.2) is 29.8 Å². The van der Waals surface area contributed by atoms with E-state index in [9.17, 15) is 4.79 Å². The number of hydrogen-bond acceptors (Lipinski definition) is 2. The molecule has 0 bridgehead atoms. The van der Waals surface area contributed by atoms with Gasteiger partial charge in [-0.3, -0.25) is 9.69 Å². The largest absolute Gasteiger partial charge is 0.300 e. The smallest absolute Gasteiger partial charge is 0.167 e. The second-order valence-corrected chi connectivity index (χ2v) is 7.70. The summed E-state index contributed by atoms with van der Waals surface area (Å²) in [7, 11) is 0. The number of likely N-dealkylation sites (tertiary alicyclic amines) is 1. The van der Waals surface area contributed by atoms with Crippen LogP contribution in [0.4, 0.5) is 0 Å². The van der Waals surface area contributed by atoms with Gasteiger partial charge in [0, 0.05) is 24.1 Å². The summed E-state index contributed by atoms with van der Waals surface area (Å²) in [6.07, 6.45) is 7.61. The Morgan fingerprint density at radius 3 is 2.54 bits per heavy atom. The topological polar surface area (TPSA) is 20.3 Å². The Bertz CT molecular complexity index is 745. The van der Waals surface area contributed by atoms with Crippen molar-refractivity contribution in [1.29, 1.82) is 0 Å². The van der Waals surface area contributed by atoms with Crippen molar-refractivity contribution >= 4 is 16.6 Å². The first-order valence-electron chi connectivity index (χ1n) is 9.49. The molecule has 126 valence electrons. The van der Waals surface area contributed by atoms with E-state index in [1.165, 1.54) is 55.0 Å². The molecule has 1 heterocycles. The van der Waals surface area contributed by atoms with Crippen molar-refractivity contribution in [3.63, 3.8) is 0 Å². The zero-order valence-corrected chi connectivity index (χ0v) is 14.6. The average molecular weight is 321 g/mol. The lowest BCUT2D eigenvalue weighted by molar-refractivity contribution is 0.0757. The summed E-state index contributed by atoms with van der Waals surface area (Å²) < 4.78 is 0. The van der Waals surface area contributed by atoms with E-state index in [4.69, 9.17) is 0 Å². The Labute approximate surface area is 144 Å². The minimum Gasteiger partial charge on any atom is -0.300 e. The lowest BCUT2D eigenvalue weighted by Crippen LogP contribution is -2.43. The number of aryl methyl sites for hydroxylation is 1. The van der Waals surface area contributed by atoms with Gasteiger partial charge in [0.1, 0.15) is 0 Å². The highest BCUT2D eigenvalue weighted by atomic mass is 16.1. The molecular weight excluding hydrogens is 294 g/mol. The maximum atomic E-state index is 13.0. The van der Waals surface area contributed by atoms with Gasteiger partial charge in [-0.15, -0.1) is 0 Å². The van der Waals surface area contributed by atoms with Gasteiger partial charge in [0.05, 0.1) is 0 Å². The third-order valence-electron chi connectivity index (χ3n) is 5.94. The van der Waals surface area contributed by atoms with Crippen LogP contribution in [0.1, 0.15) is 54.4 Å². The molecule has 2 nitrogen and oxygen atoms in total. The first-order chi connectivity index (χ1) is 11.7. The molecule has 2 heteroatoms. The van der Waals surface area contributed by atoms with Crippen molar-refractivity contribution in [2.75, 3.05) is 13.1 Å². The van der Waals surface area contributed by atoms with Crippen molar-refractivity contribution in [3.8, 4) is 0 Å². The molecule has 1 saturated carbocycles. The van der Waals surface area contributed by atoms with Crippen LogP contribution in [0.5, 0.6) is 0 Å². The summed E-state index contributed by atoms with van der Waals surface area (Å²) >= 11 is 0. The molecule has 4 rings (SSSR count). The predicted octanol–water partition coefficient (Wildman–Crippen LogP) is 4.99. The van der Waals surface area contributed by atoms with E-state index in [0.717, 1.165) is 24.6 Å². The molecule has 0 spiro atoms. The quantitative estimate of drug-likeness (QED) is 0.743. The Kier molecular flexibility index (Phi) is 4.41. The van der Waals surface area contributed by atoms with Crippen LogP contribution in [-0.2, 0) is 0 Å². The second kappa shape index (κ2) is 6.68. The first kappa shape index (κ1) is 15.8. The van der Waals surface area contributed by atoms with Gasteiger partial charge < -0.3 is 0 Å². The van der Waals surface area contributed by atoms with Crippen LogP contribution in [0.3, 0.4) is 0 Å². The summed E-state index contributed by atoms with van der Waals surface area (Å²) in [6.45, 7) is 4.26. The highest BCUT2D eigenvalue weighted by Crippen LogP contribution is 2.29. The molecule has 1 saturated heterocycles. The monoisotopic (exact) mass is 321 g/mol. The number of fused-ring (bicyclic) bond motifs is 1. The normalized spacial score (nSPS) is 23.0. The average Bonchev–Trinajstić information content (AvgIpc) is 3.15. The minimum atomic E-state index is 0.183. The van der Waals surface area contributed by atoms with Crippen LogP contribution in [0.2, 0.25) is 0 Å². The Morgan fingerprint density at radius 2 is 1.71 bits per heavy atom. The third-order valence-corrected chi connectivity index (χ3v) is 5.94. The van der Waals surface area contributed by atoms with Crippen molar-refractivity contribution in [2.24, 2.45) is 5.92 Å². The van der Waals surface area contributed by atoms with E-state index >= 15 is 0 Å². The molecule has 1 unspecified atom stereocenters. The van der Waals surface area contributed by atoms with Gasteiger partial charge in [0.15, 0.2) is 5.78 Å². The molecule has 2 aromatic carbocycles. The van der Waals surface area contributed by atoms with E-state index in [1.807, 2.05) is 6.07 Å². The van der Waals surface area contributed by atoms with Crippen LogP contribution < -0.4 is 0 Å². The summed E-state index contributed by atoms with van der Waals surface area (Å²) in [6, 6.07) is 13.4. The van der Waals surface area contributed by atoms with Crippen molar-refractivity contribution in [2.45, 2.75) is 51.5 Å². The highest BCUT2D eigenvalue weighted by Gasteiger charge is 2.31. The standard InChI is InChI=1S/C22H27NO/c1-16-8-9-18-14-19(11-10-17(18)13-16)22(24)20-5-4-12-23(15-20)21-6-2-3-7-21/h8-11,13-14,20-21H,2-7,12,15H2,1H3. The molecule has 0 amide bonds. The molecule has 2 aliphatic rings. The van der Waals surface area contributed by atoms with Gasteiger partial charge >= 0.3 is 0 Å². The van der Waals surface area contributed by atoms with Gasteiger partial charge in [-0.05, 0) is 56.0 Å². The lowest BCUT2D eigenvalue weighted by Gasteiger charge is -2.36. The zero-order valence-electron chi connectivity index (χ0n) is 14.6. The fraction of sp³-hybridized carbons (Fsp3) is 0.500. The van der Waals surface area contributed by atoms with Gasteiger partial charge in [-0.25, -0.2) is 0 Å². The van der Waals surface area contributed by atoms with Crippen LogP contribution >= 0.6 is 0 Å². The Hall–Kier alpha value is -1.67. The van der Waals surface area contributed by atoms with Gasteiger partial charge in [-0.1, -0.05) is 48.7 Å². The second-order valence-electron chi connectivity index (χ2n) is 7.70. The Morgan fingerprint density at radius 1 is 0.958 bits per heavy atom. The van der Waals surface area contributed by atoms with Crippen LogP contribution in [0, 0.1) is 12.8 Å². The molecule has 0 radical (unpaired) electrons. The molecule has 1 atom stereocenters. The van der Waals surface area contributed by atoms with Crippen LogP contribution in [0.15, 0.2) is 36.4 Å². The molecule has 2 aromatic rings. The van der Waals surface area contributed by atoms with Gasteiger partial charge in [0.25, 0.3) is 0 Å². The fourth-order valence-electron chi connectivity index (χ4n) is 4.58. The van der Waals surface area contributed by atoms with E-state index in [0.29, 0.717) is 5.78 Å². The zero-order chi connectivity index (χ0) is 16.5. The summed E-state index contributed by atoms with van der Waals surface area (Å²) in [4.78, 5) is 15.6. The van der Waals surface area contributed by atoms with E-state index < -0.39 is 0 Å². The number of carbonyl (C=O) groups excluding carboxylic acids is 1. The third kappa shape index (κ3) is 3.12. The summed E-state index contributed by atoms with van der Waals surface area (Å²) in [5, 5.41) is 2.40. The lowest BCUT2D eigenvalue weighted by atomic mass is 9.88. The number of benzene rings is 2. The van der Waals surface area contributed by atoms with Crippen molar-refractivity contribution in [1.82, 2.24) is 4.90 Å². The maximum absolute atomic E-state index is 13.0. The van der Waals surface area contributed by atoms with E-state index in [2.05, 4.69) is 42.2 Å². The number of ketones is 1. The molecular formula is C22H27NO. The SMILES string of the molecule is Cc1ccc2cc(C(=O)C3CCCN(C4CCCC4)C3)ccc2c1. The summed E-state index contributed by atoms with van der Waals surface area (Å²) in [5.74, 6) is 0.530. The number of piperidine rings is 1. The first-order valence-corrected chi connectivity index (χ1v) is 9.49. The minimum absolute atomic E-state index is 0.183. The number of Topliss-reactive ketones (excluding diaryl/α,β-unsaturated/α-hetero) is 1. The number of rotatable bonds is 3. The molecule has 0 N–H and O–H groups in total. The molecule has 1 aliphatic carbocycles. The molecule has 24 heavy (non-hydrogen) atoms. The predicted molar refractivity (Wildman–Crippen MR) is 99.6 cm³/mol. The molecule has 0 aromatic heterocycles. The number of nitrogens with zero attached hydrogens (tertiary/aromatic N) is 1. The van der Waals surface area contributed by atoms with Crippen LogP contribution in [0.25, 0.3) is 10.8 Å². The number of carbonyl (C=O) groups is 1. The molecule has 1 aliphatic heterocycles. The Balaban J connectivity index is 1.53. The van der Waals surface area contributed by atoms with Crippen molar-refractivity contribution < 1.29 is 4.79 Å². The van der Waals surface area contributed by atoms with E-state index in [1.54, 1.807) is 0 Å². The highest BCUT2D eigenvalue weighted by molar-refractivity contribution is 6.01. The van der Waals surface area contributed by atoms with Crippen molar-refractivity contribution in [3.05, 3.63) is 47.5 Å². The van der Waals surface area contributed by atoms with Gasteiger partial charge in [0.2, 0.25) is 0 Å². The number of hydrogen-bond donors (Lipinski definition) is 0. The molecule has 2 fully saturated rings. The maximum Gasteiger partial charge on any atom is 0.167 e. The fourth-order valence-corrected chi connectivity index (χ4v) is 4.58. The van der Waals surface area contributed by atoms with Gasteiger partial charge in [-0.2, -0.15) is 0 Å².